The molecule has 5 aromatic rings. The highest BCUT2D eigenvalue weighted by Crippen LogP contribution is 2.48. The maximum atomic E-state index is 14.9. The van der Waals surface area contributed by atoms with Crippen LogP contribution in [-0.2, 0) is 16.0 Å². The van der Waals surface area contributed by atoms with Gasteiger partial charge in [0.2, 0.25) is 12.7 Å². The van der Waals surface area contributed by atoms with Crippen LogP contribution in [-0.4, -0.2) is 11.5 Å². The van der Waals surface area contributed by atoms with Crippen molar-refractivity contribution in [2.45, 2.75) is 27.4 Å². The fourth-order valence-electron chi connectivity index (χ4n) is 5.09. The number of hydrogen-bond acceptors (Lipinski definition) is 5. The zero-order valence-electron chi connectivity index (χ0n) is 23.8. The Kier molecular flexibility index (Phi) is 8.24. The van der Waals surface area contributed by atoms with E-state index in [1.54, 1.807) is 67.6 Å². The lowest BCUT2D eigenvalue weighted by Crippen LogP contribution is -2.24. The predicted octanol–water partition coefficient (Wildman–Crippen LogP) is 7.67. The molecular formula is C36H31O5P. The van der Waals surface area contributed by atoms with Crippen LogP contribution in [0.4, 0.5) is 0 Å². The van der Waals surface area contributed by atoms with Crippen LogP contribution in [0.1, 0.15) is 34.0 Å². The van der Waals surface area contributed by atoms with Crippen LogP contribution in [0.25, 0.3) is 10.8 Å². The molecule has 6 heteroatoms. The van der Waals surface area contributed by atoms with Crippen LogP contribution >= 0.6 is 7.14 Å². The van der Waals surface area contributed by atoms with E-state index in [0.717, 1.165) is 16.5 Å². The summed E-state index contributed by atoms with van der Waals surface area (Å²) in [7, 11) is -3.72. The summed E-state index contributed by atoms with van der Waals surface area (Å²) < 4.78 is 26.8. The fraction of sp³-hybridized carbons (Fsp3) is 0.111. The topological polar surface area (TPSA) is 69.7 Å². The first kappa shape index (κ1) is 28.8. The Morgan fingerprint density at radius 2 is 1.26 bits per heavy atom. The zero-order chi connectivity index (χ0) is 29.9. The fourth-order valence-corrected chi connectivity index (χ4v) is 7.68. The van der Waals surface area contributed by atoms with Gasteiger partial charge in [-0.25, -0.2) is 4.79 Å². The van der Waals surface area contributed by atoms with E-state index >= 15 is 0 Å². The summed E-state index contributed by atoms with van der Waals surface area (Å²) in [6, 6.07) is 32.6. The number of aryl methyl sites for hydroxylation is 2. The lowest BCUT2D eigenvalue weighted by Gasteiger charge is -2.22. The van der Waals surface area contributed by atoms with E-state index in [1.165, 1.54) is 0 Å². The van der Waals surface area contributed by atoms with Crippen molar-refractivity contribution >= 4 is 40.0 Å². The van der Waals surface area contributed by atoms with Gasteiger partial charge in [0.05, 0.1) is 0 Å². The second kappa shape index (κ2) is 12.0. The van der Waals surface area contributed by atoms with Gasteiger partial charge >= 0.3 is 5.97 Å². The Labute approximate surface area is 245 Å². The number of rotatable bonds is 9. The monoisotopic (exact) mass is 574 g/mol. The zero-order valence-corrected chi connectivity index (χ0v) is 24.7. The molecule has 5 aromatic carbocycles. The van der Waals surface area contributed by atoms with E-state index in [1.807, 2.05) is 62.4 Å². The van der Waals surface area contributed by atoms with Crippen LogP contribution in [0.15, 0.2) is 121 Å². The molecule has 5 rings (SSSR count). The highest BCUT2D eigenvalue weighted by Gasteiger charge is 2.38. The number of carbonyl (C=O) groups excluding carboxylic acids is 2. The second-order valence-corrected chi connectivity index (χ2v) is 12.9. The Morgan fingerprint density at radius 1 is 0.738 bits per heavy atom. The number of hydrogen-bond donors (Lipinski definition) is 0. The van der Waals surface area contributed by atoms with Crippen molar-refractivity contribution in [3.63, 3.8) is 0 Å². The summed E-state index contributed by atoms with van der Waals surface area (Å²) >= 11 is 0. The Hall–Kier alpha value is -4.73. The largest absolute Gasteiger partial charge is 0.488 e. The molecule has 0 atom stereocenters. The quantitative estimate of drug-likeness (QED) is 0.0782. The minimum atomic E-state index is -3.72. The molecule has 0 spiro atoms. The standard InChI is InChI=1S/C36H31O5P/c1-24(2)35(37)41-33-20-19-32(30-17-11-12-18-31(30)33)40-23-27-22-25(3)21-26(4)34(27)36(38)42(39,28-13-7-5-8-14-28)29-15-9-6-10-16-29/h5-22H,1,23H2,2-4H3. The molecule has 0 N–H and O–H groups in total. The Balaban J connectivity index is 1.56. The number of fused-ring (bicyclic) bond motifs is 1. The number of carbonyl (C=O) groups is 2. The van der Waals surface area contributed by atoms with E-state index in [-0.39, 0.29) is 6.61 Å². The third-order valence-electron chi connectivity index (χ3n) is 7.08. The van der Waals surface area contributed by atoms with Crippen molar-refractivity contribution in [1.29, 1.82) is 0 Å². The molecule has 0 heterocycles. The van der Waals surface area contributed by atoms with Gasteiger partial charge in [0.15, 0.2) is 0 Å². The molecule has 0 unspecified atom stereocenters. The van der Waals surface area contributed by atoms with Gasteiger partial charge in [-0.15, -0.1) is 0 Å². The van der Waals surface area contributed by atoms with Gasteiger partial charge in [-0.1, -0.05) is 109 Å². The number of esters is 1. The molecular weight excluding hydrogens is 543 g/mol. The normalized spacial score (nSPS) is 11.2. The number of ether oxygens (including phenoxy) is 2. The van der Waals surface area contributed by atoms with Gasteiger partial charge in [-0.2, -0.15) is 0 Å². The molecule has 0 amide bonds. The molecule has 42 heavy (non-hydrogen) atoms. The van der Waals surface area contributed by atoms with Gasteiger partial charge in [-0.05, 0) is 38.5 Å². The van der Waals surface area contributed by atoms with Crippen molar-refractivity contribution in [1.82, 2.24) is 0 Å². The van der Waals surface area contributed by atoms with Gasteiger partial charge in [0.25, 0.3) is 0 Å². The summed E-state index contributed by atoms with van der Waals surface area (Å²) in [6.45, 7) is 9.15. The maximum absolute atomic E-state index is 14.9. The minimum Gasteiger partial charge on any atom is -0.488 e. The summed E-state index contributed by atoms with van der Waals surface area (Å²) in [5.41, 5.74) is 2.61. The summed E-state index contributed by atoms with van der Waals surface area (Å²) in [5, 5.41) is 2.43. The molecule has 0 bridgehead atoms. The highest BCUT2D eigenvalue weighted by molar-refractivity contribution is 7.93. The number of benzene rings is 5. The first-order valence-corrected chi connectivity index (χ1v) is 15.3. The highest BCUT2D eigenvalue weighted by atomic mass is 31.2. The van der Waals surface area contributed by atoms with Crippen molar-refractivity contribution in [2.24, 2.45) is 0 Å². The molecule has 0 aliphatic heterocycles. The van der Waals surface area contributed by atoms with Crippen LogP contribution in [0.2, 0.25) is 0 Å². The Bertz CT molecular complexity index is 1820. The van der Waals surface area contributed by atoms with Crippen molar-refractivity contribution in [3.05, 3.63) is 144 Å². The molecule has 0 saturated carbocycles. The van der Waals surface area contributed by atoms with Gasteiger partial charge < -0.3 is 14.0 Å². The molecule has 0 fully saturated rings. The molecule has 0 aliphatic carbocycles. The van der Waals surface area contributed by atoms with Gasteiger partial charge in [0.1, 0.15) is 18.1 Å². The van der Waals surface area contributed by atoms with Crippen LogP contribution in [0.3, 0.4) is 0 Å². The molecule has 5 nitrogen and oxygen atoms in total. The average Bonchev–Trinajstić information content (AvgIpc) is 3.00. The molecule has 0 aliphatic rings. The predicted molar refractivity (Wildman–Crippen MR) is 169 cm³/mol. The third-order valence-corrected chi connectivity index (χ3v) is 9.93. The van der Waals surface area contributed by atoms with Crippen molar-refractivity contribution in [2.75, 3.05) is 0 Å². The maximum Gasteiger partial charge on any atom is 0.338 e. The smallest absolute Gasteiger partial charge is 0.338 e. The van der Waals surface area contributed by atoms with E-state index < -0.39 is 18.6 Å². The molecule has 0 radical (unpaired) electrons. The third kappa shape index (κ3) is 5.57. The van der Waals surface area contributed by atoms with E-state index in [4.69, 9.17) is 9.47 Å². The lowest BCUT2D eigenvalue weighted by molar-refractivity contribution is -0.129. The lowest BCUT2D eigenvalue weighted by atomic mass is 10.00. The molecule has 0 aromatic heterocycles. The first-order valence-electron chi connectivity index (χ1n) is 13.6. The first-order chi connectivity index (χ1) is 20.2. The van der Waals surface area contributed by atoms with E-state index in [9.17, 15) is 14.2 Å². The summed E-state index contributed by atoms with van der Waals surface area (Å²) in [4.78, 5) is 26.7. The van der Waals surface area contributed by atoms with E-state index in [2.05, 4.69) is 6.58 Å². The SMILES string of the molecule is C=C(C)C(=O)Oc1ccc(OCc2cc(C)cc(C)c2C(=O)P(=O)(c2ccccc2)c2ccccc2)c2ccccc12. The van der Waals surface area contributed by atoms with Gasteiger partial charge in [-0.3, -0.25) is 4.79 Å². The van der Waals surface area contributed by atoms with Crippen LogP contribution in [0.5, 0.6) is 11.5 Å². The van der Waals surface area contributed by atoms with Gasteiger partial charge in [0, 0.05) is 38.1 Å². The van der Waals surface area contributed by atoms with E-state index in [0.29, 0.717) is 44.2 Å². The van der Waals surface area contributed by atoms with Crippen molar-refractivity contribution in [3.8, 4) is 11.5 Å². The Morgan fingerprint density at radius 3 is 1.83 bits per heavy atom. The summed E-state index contributed by atoms with van der Waals surface area (Å²) in [5.74, 6) is 0.459. The molecule has 0 saturated heterocycles. The van der Waals surface area contributed by atoms with Crippen LogP contribution in [0, 0.1) is 13.8 Å². The summed E-state index contributed by atoms with van der Waals surface area (Å²) in [6.07, 6.45) is 0. The van der Waals surface area contributed by atoms with Crippen molar-refractivity contribution < 1.29 is 23.6 Å². The molecule has 210 valence electrons. The van der Waals surface area contributed by atoms with Crippen LogP contribution < -0.4 is 20.1 Å². The minimum absolute atomic E-state index is 0.0715. The second-order valence-electron chi connectivity index (χ2n) is 10.3. The average molecular weight is 575 g/mol.